The Morgan fingerprint density at radius 3 is 2.62 bits per heavy atom. The number of fused-ring (bicyclic) bond motifs is 1. The normalized spacial score (nSPS) is 17.6. The highest BCUT2D eigenvalue weighted by Crippen LogP contribution is 2.20. The zero-order chi connectivity index (χ0) is 10.8. The van der Waals surface area contributed by atoms with Crippen molar-refractivity contribution in [2.45, 2.75) is 25.7 Å². The summed E-state index contributed by atoms with van der Waals surface area (Å²) in [6, 6.07) is 6.36. The number of rotatable bonds is 1. The van der Waals surface area contributed by atoms with Gasteiger partial charge >= 0.3 is 0 Å². The summed E-state index contributed by atoms with van der Waals surface area (Å²) in [6.07, 6.45) is 7.27. The maximum absolute atomic E-state index is 4.67. The van der Waals surface area contributed by atoms with Crippen LogP contribution in [0.1, 0.15) is 25.7 Å². The minimum absolute atomic E-state index is 1.00. The molecule has 84 valence electrons. The molecule has 1 N–H and O–H groups in total. The van der Waals surface area contributed by atoms with Gasteiger partial charge in [-0.2, -0.15) is 0 Å². The Labute approximate surface area is 95.5 Å². The minimum atomic E-state index is 1.00. The van der Waals surface area contributed by atoms with Crippen LogP contribution in [-0.2, 0) is 0 Å². The zero-order valence-electron chi connectivity index (χ0n) is 9.45. The van der Waals surface area contributed by atoms with Gasteiger partial charge < -0.3 is 9.88 Å². The van der Waals surface area contributed by atoms with E-state index in [0.29, 0.717) is 0 Å². The number of hydrogen-bond acceptors (Lipinski definition) is 2. The quantitative estimate of drug-likeness (QED) is 0.793. The van der Waals surface area contributed by atoms with Crippen molar-refractivity contribution in [3.63, 3.8) is 0 Å². The predicted molar refractivity (Wildman–Crippen MR) is 66.8 cm³/mol. The summed E-state index contributed by atoms with van der Waals surface area (Å²) in [4.78, 5) is 10.3. The largest absolute Gasteiger partial charge is 0.357 e. The average Bonchev–Trinajstić information content (AvgIpc) is 2.61. The maximum Gasteiger partial charge on any atom is 0.139 e. The molecule has 2 aromatic heterocycles. The SMILES string of the molecule is c1cc2ccc(N3CCCCCC3)nc2[nH]1. The van der Waals surface area contributed by atoms with Crippen molar-refractivity contribution in [3.8, 4) is 0 Å². The Bertz CT molecular complexity index is 467. The van der Waals surface area contributed by atoms with Crippen molar-refractivity contribution >= 4 is 16.9 Å². The van der Waals surface area contributed by atoms with Crippen LogP contribution in [-0.4, -0.2) is 23.1 Å². The molecule has 1 fully saturated rings. The number of nitrogens with one attached hydrogen (secondary N) is 1. The first-order chi connectivity index (χ1) is 7.93. The lowest BCUT2D eigenvalue weighted by atomic mass is 10.2. The van der Waals surface area contributed by atoms with Gasteiger partial charge in [0.15, 0.2) is 0 Å². The fraction of sp³-hybridized carbons (Fsp3) is 0.462. The van der Waals surface area contributed by atoms with Crippen molar-refractivity contribution < 1.29 is 0 Å². The molecule has 0 spiro atoms. The average molecular weight is 215 g/mol. The molecule has 3 heteroatoms. The van der Waals surface area contributed by atoms with Gasteiger partial charge in [-0.1, -0.05) is 12.8 Å². The second-order valence-corrected chi connectivity index (χ2v) is 4.49. The van der Waals surface area contributed by atoms with Gasteiger partial charge in [0.05, 0.1) is 0 Å². The van der Waals surface area contributed by atoms with Crippen molar-refractivity contribution in [2.75, 3.05) is 18.0 Å². The van der Waals surface area contributed by atoms with E-state index in [1.165, 1.54) is 31.1 Å². The summed E-state index contributed by atoms with van der Waals surface area (Å²) in [5.41, 5.74) is 1.00. The topological polar surface area (TPSA) is 31.9 Å². The summed E-state index contributed by atoms with van der Waals surface area (Å²) < 4.78 is 0. The monoisotopic (exact) mass is 215 g/mol. The van der Waals surface area contributed by atoms with E-state index >= 15 is 0 Å². The first kappa shape index (κ1) is 9.70. The van der Waals surface area contributed by atoms with Gasteiger partial charge in [-0.05, 0) is 31.0 Å². The zero-order valence-corrected chi connectivity index (χ0v) is 9.45. The molecular weight excluding hydrogens is 198 g/mol. The molecule has 3 heterocycles. The van der Waals surface area contributed by atoms with Crippen molar-refractivity contribution in [1.29, 1.82) is 0 Å². The van der Waals surface area contributed by atoms with E-state index < -0.39 is 0 Å². The third-order valence-corrected chi connectivity index (χ3v) is 3.32. The number of nitrogens with zero attached hydrogens (tertiary/aromatic N) is 2. The Kier molecular flexibility index (Phi) is 2.52. The van der Waals surface area contributed by atoms with Crippen LogP contribution in [0.4, 0.5) is 5.82 Å². The Morgan fingerprint density at radius 2 is 1.81 bits per heavy atom. The molecule has 2 aromatic rings. The van der Waals surface area contributed by atoms with E-state index in [9.17, 15) is 0 Å². The Balaban J connectivity index is 1.91. The molecule has 0 amide bonds. The molecule has 0 radical (unpaired) electrons. The van der Waals surface area contributed by atoms with E-state index in [0.717, 1.165) is 24.6 Å². The number of aromatic amines is 1. The van der Waals surface area contributed by atoms with Gasteiger partial charge in [0.2, 0.25) is 0 Å². The van der Waals surface area contributed by atoms with E-state index in [4.69, 9.17) is 0 Å². The highest BCUT2D eigenvalue weighted by molar-refractivity contribution is 5.77. The first-order valence-electron chi connectivity index (χ1n) is 6.12. The van der Waals surface area contributed by atoms with Gasteiger partial charge in [-0.25, -0.2) is 4.98 Å². The smallest absolute Gasteiger partial charge is 0.139 e. The summed E-state index contributed by atoms with van der Waals surface area (Å²) >= 11 is 0. The molecule has 0 bridgehead atoms. The van der Waals surface area contributed by atoms with Crippen LogP contribution >= 0.6 is 0 Å². The lowest BCUT2D eigenvalue weighted by Crippen LogP contribution is -2.24. The van der Waals surface area contributed by atoms with Crippen LogP contribution in [0, 0.1) is 0 Å². The second-order valence-electron chi connectivity index (χ2n) is 4.49. The molecule has 16 heavy (non-hydrogen) atoms. The van der Waals surface area contributed by atoms with Crippen molar-refractivity contribution in [1.82, 2.24) is 9.97 Å². The van der Waals surface area contributed by atoms with Crippen LogP contribution in [0.15, 0.2) is 24.4 Å². The van der Waals surface area contributed by atoms with Crippen molar-refractivity contribution in [2.24, 2.45) is 0 Å². The molecule has 3 rings (SSSR count). The highest BCUT2D eigenvalue weighted by atomic mass is 15.2. The van der Waals surface area contributed by atoms with Gasteiger partial charge in [-0.3, -0.25) is 0 Å². The van der Waals surface area contributed by atoms with Crippen molar-refractivity contribution in [3.05, 3.63) is 24.4 Å². The van der Waals surface area contributed by atoms with E-state index in [1.54, 1.807) is 0 Å². The molecule has 0 aliphatic carbocycles. The van der Waals surface area contributed by atoms with E-state index in [1.807, 2.05) is 6.20 Å². The fourth-order valence-corrected chi connectivity index (χ4v) is 2.40. The van der Waals surface area contributed by atoms with Crippen LogP contribution in [0.3, 0.4) is 0 Å². The number of pyridine rings is 1. The van der Waals surface area contributed by atoms with Crippen LogP contribution in [0.25, 0.3) is 11.0 Å². The Morgan fingerprint density at radius 1 is 1.00 bits per heavy atom. The summed E-state index contributed by atoms with van der Waals surface area (Å²) in [5.74, 6) is 1.12. The van der Waals surface area contributed by atoms with Gasteiger partial charge in [0.1, 0.15) is 11.5 Å². The van der Waals surface area contributed by atoms with E-state index in [2.05, 4.69) is 33.1 Å². The molecule has 1 aliphatic heterocycles. The minimum Gasteiger partial charge on any atom is -0.357 e. The molecule has 1 saturated heterocycles. The molecule has 0 aromatic carbocycles. The third kappa shape index (κ3) is 1.77. The molecule has 0 unspecified atom stereocenters. The van der Waals surface area contributed by atoms with E-state index in [-0.39, 0.29) is 0 Å². The highest BCUT2D eigenvalue weighted by Gasteiger charge is 2.11. The van der Waals surface area contributed by atoms with Gasteiger partial charge in [0, 0.05) is 24.7 Å². The number of hydrogen-bond donors (Lipinski definition) is 1. The third-order valence-electron chi connectivity index (χ3n) is 3.32. The van der Waals surface area contributed by atoms with Crippen LogP contribution in [0.5, 0.6) is 0 Å². The number of anilines is 1. The van der Waals surface area contributed by atoms with Gasteiger partial charge in [0.25, 0.3) is 0 Å². The molecule has 3 nitrogen and oxygen atoms in total. The molecule has 0 atom stereocenters. The molecule has 0 saturated carbocycles. The lowest BCUT2D eigenvalue weighted by Gasteiger charge is -2.21. The second kappa shape index (κ2) is 4.16. The fourth-order valence-electron chi connectivity index (χ4n) is 2.40. The van der Waals surface area contributed by atoms with Crippen LogP contribution < -0.4 is 4.90 Å². The molecular formula is C13H17N3. The Hall–Kier alpha value is -1.51. The van der Waals surface area contributed by atoms with Gasteiger partial charge in [-0.15, -0.1) is 0 Å². The number of aromatic nitrogens is 2. The summed E-state index contributed by atoms with van der Waals surface area (Å²) in [6.45, 7) is 2.30. The predicted octanol–water partition coefficient (Wildman–Crippen LogP) is 2.94. The lowest BCUT2D eigenvalue weighted by molar-refractivity contribution is 0.726. The standard InChI is InChI=1S/C13H17N3/c1-2-4-10-16(9-3-1)12-6-5-11-7-8-14-13(11)15-12/h5-8H,1-4,9-10H2,(H,14,15). The summed E-state index contributed by atoms with van der Waals surface area (Å²) in [5, 5.41) is 1.19. The first-order valence-corrected chi connectivity index (χ1v) is 6.12. The summed E-state index contributed by atoms with van der Waals surface area (Å²) in [7, 11) is 0. The number of H-pyrrole nitrogens is 1. The molecule has 1 aliphatic rings. The maximum atomic E-state index is 4.67. The van der Waals surface area contributed by atoms with Crippen LogP contribution in [0.2, 0.25) is 0 Å².